The molecule has 0 saturated carbocycles. The van der Waals surface area contributed by atoms with Crippen LogP contribution >= 0.6 is 12.4 Å². The van der Waals surface area contributed by atoms with Gasteiger partial charge in [-0.2, -0.15) is 5.10 Å². The zero-order valence-corrected chi connectivity index (χ0v) is 18.2. The van der Waals surface area contributed by atoms with Crippen molar-refractivity contribution < 1.29 is 9.53 Å². The van der Waals surface area contributed by atoms with E-state index >= 15 is 0 Å². The van der Waals surface area contributed by atoms with Crippen molar-refractivity contribution >= 4 is 24.1 Å². The maximum absolute atomic E-state index is 12.6. The number of carbonyl (C=O) groups is 1. The van der Waals surface area contributed by atoms with Crippen LogP contribution in [0, 0.1) is 13.8 Å². The lowest BCUT2D eigenvalue weighted by atomic mass is 9.92. The normalized spacial score (nSPS) is 17.1. The van der Waals surface area contributed by atoms with Crippen molar-refractivity contribution in [1.29, 1.82) is 0 Å². The Kier molecular flexibility index (Phi) is 7.26. The molecule has 1 unspecified atom stereocenters. The van der Waals surface area contributed by atoms with Gasteiger partial charge in [-0.15, -0.1) is 12.4 Å². The molecule has 6 nitrogen and oxygen atoms in total. The number of anilines is 1. The summed E-state index contributed by atoms with van der Waals surface area (Å²) < 4.78 is 7.29. The maximum Gasteiger partial charge on any atom is 0.227 e. The highest BCUT2D eigenvalue weighted by Crippen LogP contribution is 2.28. The topological polar surface area (TPSA) is 68.2 Å². The average molecular weight is 407 g/mol. The van der Waals surface area contributed by atoms with Crippen LogP contribution in [0.3, 0.4) is 0 Å². The van der Waals surface area contributed by atoms with E-state index in [0.717, 1.165) is 23.5 Å². The van der Waals surface area contributed by atoms with Gasteiger partial charge in [0.2, 0.25) is 5.91 Å². The molecule has 3 rings (SSSR count). The number of carbonyl (C=O) groups excluding carboxylic acids is 1. The maximum atomic E-state index is 12.6. The minimum atomic E-state index is -0.109. The molecule has 1 fully saturated rings. The van der Waals surface area contributed by atoms with Crippen molar-refractivity contribution in [2.75, 3.05) is 25.1 Å². The van der Waals surface area contributed by atoms with Crippen LogP contribution in [0.1, 0.15) is 44.0 Å². The largest absolute Gasteiger partial charge is 0.378 e. The van der Waals surface area contributed by atoms with Gasteiger partial charge in [-0.3, -0.25) is 4.79 Å². The zero-order valence-electron chi connectivity index (χ0n) is 17.3. The van der Waals surface area contributed by atoms with Crippen molar-refractivity contribution in [3.63, 3.8) is 0 Å². The van der Waals surface area contributed by atoms with Crippen LogP contribution in [-0.4, -0.2) is 41.5 Å². The molecule has 1 saturated heterocycles. The molecule has 28 heavy (non-hydrogen) atoms. The smallest absolute Gasteiger partial charge is 0.227 e. The molecule has 2 N–H and O–H groups in total. The van der Waals surface area contributed by atoms with Crippen molar-refractivity contribution in [3.05, 3.63) is 41.1 Å². The third-order valence-corrected chi connectivity index (χ3v) is 4.76. The van der Waals surface area contributed by atoms with Crippen molar-refractivity contribution in [2.45, 2.75) is 52.5 Å². The van der Waals surface area contributed by atoms with Gasteiger partial charge in [-0.25, -0.2) is 4.68 Å². The quantitative estimate of drug-likeness (QED) is 0.815. The molecule has 1 aliphatic heterocycles. The molecule has 7 heteroatoms. The van der Waals surface area contributed by atoms with E-state index in [2.05, 4.69) is 63.5 Å². The predicted molar refractivity (Wildman–Crippen MR) is 115 cm³/mol. The second-order valence-electron chi connectivity index (χ2n) is 8.34. The summed E-state index contributed by atoms with van der Waals surface area (Å²) in [6.45, 7) is 12.6. The van der Waals surface area contributed by atoms with E-state index in [-0.39, 0.29) is 29.8 Å². The van der Waals surface area contributed by atoms with Crippen molar-refractivity contribution in [3.8, 4) is 5.69 Å². The highest BCUT2D eigenvalue weighted by Gasteiger charge is 2.23. The SMILES string of the molecule is Cc1ccc(-n2nc(C(C)(C)C)cc2NC(=O)CC2COCCN2)c(C)c1.Cl. The Morgan fingerprint density at radius 1 is 1.32 bits per heavy atom. The molecular weight excluding hydrogens is 376 g/mol. The van der Waals surface area contributed by atoms with Crippen LogP contribution < -0.4 is 10.6 Å². The standard InChI is InChI=1S/C21H30N4O2.ClH/c1-14-6-7-17(15(2)10-14)25-19(12-18(24-25)21(3,4)5)23-20(26)11-16-13-27-9-8-22-16;/h6-7,10,12,16,22H,8-9,11,13H2,1-5H3,(H,23,26);1H. The molecule has 1 aromatic heterocycles. The number of aryl methyl sites for hydroxylation is 2. The van der Waals surface area contributed by atoms with E-state index in [4.69, 9.17) is 9.84 Å². The zero-order chi connectivity index (χ0) is 19.6. The van der Waals surface area contributed by atoms with Crippen LogP contribution in [-0.2, 0) is 14.9 Å². The highest BCUT2D eigenvalue weighted by atomic mass is 35.5. The molecule has 1 aliphatic rings. The van der Waals surface area contributed by atoms with E-state index < -0.39 is 0 Å². The summed E-state index contributed by atoms with van der Waals surface area (Å²) in [4.78, 5) is 12.6. The lowest BCUT2D eigenvalue weighted by Crippen LogP contribution is -2.43. The monoisotopic (exact) mass is 406 g/mol. The van der Waals surface area contributed by atoms with E-state index in [9.17, 15) is 4.79 Å². The van der Waals surface area contributed by atoms with Gasteiger partial charge in [0.15, 0.2) is 0 Å². The number of hydrogen-bond acceptors (Lipinski definition) is 4. The fourth-order valence-corrected chi connectivity index (χ4v) is 3.23. The summed E-state index contributed by atoms with van der Waals surface area (Å²) in [5, 5.41) is 11.2. The number of ether oxygens (including phenoxy) is 1. The van der Waals surface area contributed by atoms with Gasteiger partial charge in [0.25, 0.3) is 0 Å². The molecule has 154 valence electrons. The first kappa shape index (κ1) is 22.4. The third kappa shape index (κ3) is 5.34. The summed E-state index contributed by atoms with van der Waals surface area (Å²) in [7, 11) is 0. The first-order valence-electron chi connectivity index (χ1n) is 9.53. The van der Waals surface area contributed by atoms with Gasteiger partial charge < -0.3 is 15.4 Å². The van der Waals surface area contributed by atoms with Crippen molar-refractivity contribution in [2.24, 2.45) is 0 Å². The number of hydrogen-bond donors (Lipinski definition) is 2. The minimum absolute atomic E-state index is 0. The number of nitrogens with zero attached hydrogens (tertiary/aromatic N) is 2. The number of rotatable bonds is 4. The fraction of sp³-hybridized carbons (Fsp3) is 0.524. The predicted octanol–water partition coefficient (Wildman–Crippen LogP) is 3.53. The molecule has 2 heterocycles. The Labute approximate surface area is 173 Å². The van der Waals surface area contributed by atoms with Gasteiger partial charge in [0.1, 0.15) is 5.82 Å². The van der Waals surface area contributed by atoms with E-state index in [1.165, 1.54) is 5.56 Å². The molecule has 0 radical (unpaired) electrons. The minimum Gasteiger partial charge on any atom is -0.378 e. The Morgan fingerprint density at radius 3 is 2.68 bits per heavy atom. The lowest BCUT2D eigenvalue weighted by Gasteiger charge is -2.23. The molecule has 0 aliphatic carbocycles. The van der Waals surface area contributed by atoms with Crippen LogP contribution in [0.25, 0.3) is 5.69 Å². The van der Waals surface area contributed by atoms with Gasteiger partial charge >= 0.3 is 0 Å². The number of amides is 1. The van der Waals surface area contributed by atoms with E-state index in [0.29, 0.717) is 25.5 Å². The number of benzene rings is 1. The van der Waals surface area contributed by atoms with Crippen molar-refractivity contribution in [1.82, 2.24) is 15.1 Å². The van der Waals surface area contributed by atoms with E-state index in [1.807, 2.05) is 10.7 Å². The van der Waals surface area contributed by atoms with Crippen LogP contribution in [0.4, 0.5) is 5.82 Å². The summed E-state index contributed by atoms with van der Waals surface area (Å²) in [5.74, 6) is 0.665. The molecule has 1 amide bonds. The summed E-state index contributed by atoms with van der Waals surface area (Å²) in [6.07, 6.45) is 0.378. The lowest BCUT2D eigenvalue weighted by molar-refractivity contribution is -0.117. The first-order valence-corrected chi connectivity index (χ1v) is 9.53. The van der Waals surface area contributed by atoms with E-state index in [1.54, 1.807) is 0 Å². The third-order valence-electron chi connectivity index (χ3n) is 4.76. The number of nitrogens with one attached hydrogen (secondary N) is 2. The Morgan fingerprint density at radius 2 is 2.07 bits per heavy atom. The summed E-state index contributed by atoms with van der Waals surface area (Å²) >= 11 is 0. The molecule has 0 bridgehead atoms. The molecule has 0 spiro atoms. The Bertz CT molecular complexity index is 820. The van der Waals surface area contributed by atoms with Gasteiger partial charge in [-0.1, -0.05) is 38.5 Å². The van der Waals surface area contributed by atoms with Gasteiger partial charge in [0.05, 0.1) is 24.6 Å². The molecule has 1 aromatic carbocycles. The molecule has 2 aromatic rings. The second kappa shape index (κ2) is 9.07. The molecule has 1 atom stereocenters. The number of morpholine rings is 1. The fourth-order valence-electron chi connectivity index (χ4n) is 3.23. The first-order chi connectivity index (χ1) is 12.7. The Hall–Kier alpha value is -1.89. The average Bonchev–Trinajstić information content (AvgIpc) is 2.99. The van der Waals surface area contributed by atoms with Crippen LogP contribution in [0.2, 0.25) is 0 Å². The summed E-state index contributed by atoms with van der Waals surface area (Å²) in [5.41, 5.74) is 4.13. The second-order valence-corrected chi connectivity index (χ2v) is 8.34. The molecular formula is C21H31ClN4O2. The van der Waals surface area contributed by atoms with Crippen LogP contribution in [0.5, 0.6) is 0 Å². The van der Waals surface area contributed by atoms with Gasteiger partial charge in [0, 0.05) is 30.5 Å². The number of halogens is 1. The number of aromatic nitrogens is 2. The van der Waals surface area contributed by atoms with Gasteiger partial charge in [-0.05, 0) is 25.5 Å². The highest BCUT2D eigenvalue weighted by molar-refractivity contribution is 5.90. The summed E-state index contributed by atoms with van der Waals surface area (Å²) in [6, 6.07) is 8.27. The Balaban J connectivity index is 0.00000280. The van der Waals surface area contributed by atoms with Crippen LogP contribution in [0.15, 0.2) is 24.3 Å².